The number of H-pyrrole nitrogens is 1. The second-order valence-corrected chi connectivity index (χ2v) is 8.62. The van der Waals surface area contributed by atoms with Gasteiger partial charge in [-0.2, -0.15) is 15.1 Å². The molecule has 174 valence electrons. The number of fused-ring (bicyclic) bond motifs is 1. The highest BCUT2D eigenvalue weighted by molar-refractivity contribution is 5.89. The third-order valence-corrected chi connectivity index (χ3v) is 6.02. The van der Waals surface area contributed by atoms with Gasteiger partial charge < -0.3 is 20.5 Å². The maximum Gasteiger partial charge on any atom is 0.246 e. The number of hydrogen-bond acceptors (Lipinski definition) is 6. The zero-order chi connectivity index (χ0) is 23.7. The Morgan fingerprint density at radius 1 is 1.24 bits per heavy atom. The molecule has 34 heavy (non-hydrogen) atoms. The van der Waals surface area contributed by atoms with Gasteiger partial charge in [-0.3, -0.25) is 4.79 Å². The third-order valence-electron chi connectivity index (χ3n) is 6.02. The van der Waals surface area contributed by atoms with Gasteiger partial charge in [0, 0.05) is 36.7 Å². The molecule has 4 heterocycles. The van der Waals surface area contributed by atoms with Gasteiger partial charge in [-0.1, -0.05) is 12.6 Å². The molecule has 1 amide bonds. The van der Waals surface area contributed by atoms with E-state index < -0.39 is 0 Å². The van der Waals surface area contributed by atoms with Crippen molar-refractivity contribution in [3.63, 3.8) is 0 Å². The van der Waals surface area contributed by atoms with Crippen molar-refractivity contribution in [2.45, 2.75) is 32.7 Å². The first-order valence-corrected chi connectivity index (χ1v) is 11.4. The molecule has 9 nitrogen and oxygen atoms in total. The summed E-state index contributed by atoms with van der Waals surface area (Å²) in [5, 5.41) is 12.4. The highest BCUT2D eigenvalue weighted by Gasteiger charge is 2.23. The van der Waals surface area contributed by atoms with Crippen LogP contribution in [0.5, 0.6) is 0 Å². The van der Waals surface area contributed by atoms with E-state index in [-0.39, 0.29) is 11.9 Å². The number of aryl methyl sites for hydroxylation is 2. The Morgan fingerprint density at radius 3 is 2.91 bits per heavy atom. The maximum atomic E-state index is 12.1. The Labute approximate surface area is 197 Å². The predicted octanol–water partition coefficient (Wildman–Crippen LogP) is 4.09. The second kappa shape index (κ2) is 9.01. The number of carbonyl (C=O) groups excluding carboxylic acids is 1. The number of aromatic nitrogens is 5. The maximum absolute atomic E-state index is 12.1. The molecule has 1 atom stereocenters. The van der Waals surface area contributed by atoms with Gasteiger partial charge in [0.05, 0.1) is 16.8 Å². The summed E-state index contributed by atoms with van der Waals surface area (Å²) < 4.78 is 1.92. The van der Waals surface area contributed by atoms with Crippen molar-refractivity contribution in [2.24, 2.45) is 0 Å². The summed E-state index contributed by atoms with van der Waals surface area (Å²) in [7, 11) is 0. The summed E-state index contributed by atoms with van der Waals surface area (Å²) in [5.74, 6) is 1.19. The minimum atomic E-state index is -0.0363. The minimum absolute atomic E-state index is 0.0363. The molecule has 0 radical (unpaired) electrons. The lowest BCUT2D eigenvalue weighted by Gasteiger charge is -2.33. The van der Waals surface area contributed by atoms with Crippen molar-refractivity contribution >= 4 is 34.4 Å². The average molecular weight is 457 g/mol. The van der Waals surface area contributed by atoms with Gasteiger partial charge in [0.25, 0.3) is 0 Å². The second-order valence-electron chi connectivity index (χ2n) is 8.62. The van der Waals surface area contributed by atoms with E-state index in [0.29, 0.717) is 12.5 Å². The molecule has 1 fully saturated rings. The highest BCUT2D eigenvalue weighted by Crippen LogP contribution is 2.26. The van der Waals surface area contributed by atoms with E-state index in [1.54, 1.807) is 0 Å². The zero-order valence-electron chi connectivity index (χ0n) is 19.4. The zero-order valence-corrected chi connectivity index (χ0v) is 19.4. The number of amides is 1. The standard InChI is InChI=1S/C25H28N8O/c1-4-22(34)32-12-6-8-19(15-32)27-24-21-10-11-26-23(21)29-25(30-24)28-18-7-5-9-20(14-18)33-17(3)13-16(2)31-33/h4-5,7,9-11,13-14,19H,1,6,8,12,15H2,2-3H3,(H3,26,27,28,29,30). The summed E-state index contributed by atoms with van der Waals surface area (Å²) in [6, 6.07) is 12.1. The van der Waals surface area contributed by atoms with Crippen LogP contribution in [-0.2, 0) is 4.79 Å². The van der Waals surface area contributed by atoms with E-state index in [9.17, 15) is 4.79 Å². The van der Waals surface area contributed by atoms with E-state index in [0.717, 1.165) is 59.0 Å². The van der Waals surface area contributed by atoms with Gasteiger partial charge in [0.1, 0.15) is 11.5 Å². The normalized spacial score (nSPS) is 15.9. The van der Waals surface area contributed by atoms with Crippen molar-refractivity contribution in [1.29, 1.82) is 0 Å². The highest BCUT2D eigenvalue weighted by atomic mass is 16.2. The number of piperidine rings is 1. The molecule has 0 saturated carbocycles. The van der Waals surface area contributed by atoms with Crippen LogP contribution >= 0.6 is 0 Å². The van der Waals surface area contributed by atoms with Gasteiger partial charge in [0.15, 0.2) is 0 Å². The Balaban J connectivity index is 1.40. The number of hydrogen-bond donors (Lipinski definition) is 3. The van der Waals surface area contributed by atoms with E-state index in [1.165, 1.54) is 6.08 Å². The van der Waals surface area contributed by atoms with Crippen LogP contribution in [0, 0.1) is 13.8 Å². The average Bonchev–Trinajstić information content (AvgIpc) is 3.44. The molecule has 3 aromatic heterocycles. The molecule has 1 unspecified atom stereocenters. The Kier molecular flexibility index (Phi) is 5.75. The topological polar surface area (TPSA) is 104 Å². The largest absolute Gasteiger partial charge is 0.365 e. The van der Waals surface area contributed by atoms with E-state index in [2.05, 4.69) is 38.3 Å². The molecule has 0 spiro atoms. The fourth-order valence-electron chi connectivity index (χ4n) is 4.46. The lowest BCUT2D eigenvalue weighted by Crippen LogP contribution is -2.44. The van der Waals surface area contributed by atoms with Crippen molar-refractivity contribution in [3.05, 3.63) is 66.6 Å². The van der Waals surface area contributed by atoms with Gasteiger partial charge in [-0.15, -0.1) is 0 Å². The summed E-state index contributed by atoms with van der Waals surface area (Å²) in [6.07, 6.45) is 5.12. The number of nitrogens with one attached hydrogen (secondary N) is 3. The predicted molar refractivity (Wildman–Crippen MR) is 134 cm³/mol. The number of likely N-dealkylation sites (tertiary alicyclic amines) is 1. The van der Waals surface area contributed by atoms with Crippen LogP contribution in [0.25, 0.3) is 16.7 Å². The number of anilines is 3. The number of rotatable bonds is 6. The molecule has 0 aliphatic carbocycles. The van der Waals surface area contributed by atoms with E-state index in [1.807, 2.05) is 60.0 Å². The van der Waals surface area contributed by atoms with Crippen LogP contribution in [0.3, 0.4) is 0 Å². The van der Waals surface area contributed by atoms with Crippen LogP contribution in [0.15, 0.2) is 55.3 Å². The van der Waals surface area contributed by atoms with Crippen molar-refractivity contribution in [1.82, 2.24) is 29.6 Å². The first-order valence-electron chi connectivity index (χ1n) is 11.4. The summed E-state index contributed by atoms with van der Waals surface area (Å²) in [6.45, 7) is 9.01. The molecule has 1 aliphatic heterocycles. The molecule has 4 aromatic rings. The van der Waals surface area contributed by atoms with Gasteiger partial charge >= 0.3 is 0 Å². The van der Waals surface area contributed by atoms with Crippen molar-refractivity contribution in [3.8, 4) is 5.69 Å². The number of carbonyl (C=O) groups is 1. The Bertz CT molecular complexity index is 1350. The molecule has 9 heteroatoms. The van der Waals surface area contributed by atoms with E-state index in [4.69, 9.17) is 4.98 Å². The monoisotopic (exact) mass is 456 g/mol. The summed E-state index contributed by atoms with van der Waals surface area (Å²) >= 11 is 0. The number of benzene rings is 1. The molecule has 1 aliphatic rings. The summed E-state index contributed by atoms with van der Waals surface area (Å²) in [5.41, 5.74) is 4.61. The van der Waals surface area contributed by atoms with Gasteiger partial charge in [-0.05, 0) is 63.1 Å². The van der Waals surface area contributed by atoms with Crippen LogP contribution in [-0.4, -0.2) is 54.7 Å². The molecular formula is C25H28N8O. The van der Waals surface area contributed by atoms with Crippen molar-refractivity contribution < 1.29 is 4.79 Å². The summed E-state index contributed by atoms with van der Waals surface area (Å²) in [4.78, 5) is 26.5. The fourth-order valence-corrected chi connectivity index (χ4v) is 4.46. The van der Waals surface area contributed by atoms with Crippen molar-refractivity contribution in [2.75, 3.05) is 23.7 Å². The van der Waals surface area contributed by atoms with Crippen LogP contribution < -0.4 is 10.6 Å². The number of aromatic amines is 1. The molecule has 0 bridgehead atoms. The third kappa shape index (κ3) is 4.36. The molecule has 5 rings (SSSR count). The lowest BCUT2D eigenvalue weighted by molar-refractivity contribution is -0.127. The minimum Gasteiger partial charge on any atom is -0.365 e. The first kappa shape index (κ1) is 21.7. The smallest absolute Gasteiger partial charge is 0.246 e. The molecule has 1 aromatic carbocycles. The van der Waals surface area contributed by atoms with Gasteiger partial charge in [-0.25, -0.2) is 4.68 Å². The Morgan fingerprint density at radius 2 is 2.12 bits per heavy atom. The number of nitrogens with zero attached hydrogens (tertiary/aromatic N) is 5. The fraction of sp³-hybridized carbons (Fsp3) is 0.280. The van der Waals surface area contributed by atoms with Crippen LogP contribution in [0.2, 0.25) is 0 Å². The quantitative estimate of drug-likeness (QED) is 0.378. The Hall–Kier alpha value is -4.14. The molecule has 1 saturated heterocycles. The first-order chi connectivity index (χ1) is 16.5. The van der Waals surface area contributed by atoms with Gasteiger partial charge in [0.2, 0.25) is 11.9 Å². The van der Waals surface area contributed by atoms with E-state index >= 15 is 0 Å². The lowest BCUT2D eigenvalue weighted by atomic mass is 10.1. The molecular weight excluding hydrogens is 428 g/mol. The molecule has 3 N–H and O–H groups in total. The SMILES string of the molecule is C=CC(=O)N1CCCC(Nc2nc(Nc3cccc(-n4nc(C)cc4C)c3)nc3[nH]ccc23)C1. The van der Waals surface area contributed by atoms with Crippen LogP contribution in [0.1, 0.15) is 24.2 Å². The van der Waals surface area contributed by atoms with Crippen LogP contribution in [0.4, 0.5) is 17.5 Å².